The maximum atomic E-state index is 12.0. The predicted molar refractivity (Wildman–Crippen MR) is 55.1 cm³/mol. The lowest BCUT2D eigenvalue weighted by Gasteiger charge is -2.12. The van der Waals surface area contributed by atoms with Gasteiger partial charge < -0.3 is 9.47 Å². The predicted octanol–water partition coefficient (Wildman–Crippen LogP) is 4.12. The van der Waals surface area contributed by atoms with E-state index in [-0.39, 0.29) is 16.0 Å². The smallest absolute Gasteiger partial charge is 0.387 e. The Morgan fingerprint density at radius 3 is 2.47 bits per heavy atom. The van der Waals surface area contributed by atoms with E-state index in [9.17, 15) is 13.2 Å². The van der Waals surface area contributed by atoms with Crippen LogP contribution in [0, 0.1) is 0 Å². The Balaban J connectivity index is 3.06. The number of hydrogen-bond donors (Lipinski definition) is 0. The first-order valence-corrected chi connectivity index (χ1v) is 5.26. The lowest BCUT2D eigenvalue weighted by Crippen LogP contribution is -2.04. The summed E-state index contributed by atoms with van der Waals surface area (Å²) in [5, 5.41) is 0. The van der Waals surface area contributed by atoms with E-state index in [1.165, 1.54) is 12.1 Å². The molecule has 1 aromatic rings. The summed E-state index contributed by atoms with van der Waals surface area (Å²) in [7, 11) is 0. The van der Waals surface area contributed by atoms with Crippen LogP contribution < -0.4 is 9.47 Å². The van der Waals surface area contributed by atoms with Crippen molar-refractivity contribution in [1.82, 2.24) is 0 Å². The quantitative estimate of drug-likeness (QED) is 0.814. The molecule has 0 aliphatic heterocycles. The Morgan fingerprint density at radius 1 is 1.27 bits per heavy atom. The molecule has 0 atom stereocenters. The van der Waals surface area contributed by atoms with Gasteiger partial charge in [0.25, 0.3) is 0 Å². The van der Waals surface area contributed by atoms with Crippen molar-refractivity contribution in [2.75, 3.05) is 6.86 Å². The van der Waals surface area contributed by atoms with Crippen LogP contribution in [0.5, 0.6) is 11.5 Å². The molecule has 0 aromatic heterocycles. The van der Waals surface area contributed by atoms with Crippen LogP contribution in [0.25, 0.3) is 0 Å². The highest BCUT2D eigenvalue weighted by atomic mass is 79.9. The second-order valence-corrected chi connectivity index (χ2v) is 3.97. The third-order valence-electron chi connectivity index (χ3n) is 1.43. The highest BCUT2D eigenvalue weighted by molar-refractivity contribution is 9.11. The van der Waals surface area contributed by atoms with Crippen molar-refractivity contribution in [3.63, 3.8) is 0 Å². The van der Waals surface area contributed by atoms with E-state index in [4.69, 9.17) is 0 Å². The van der Waals surface area contributed by atoms with E-state index in [1.807, 2.05) is 0 Å². The van der Waals surface area contributed by atoms with Gasteiger partial charge in [0.05, 0.1) is 4.47 Å². The fraction of sp³-hybridized carbons (Fsp3) is 0.250. The van der Waals surface area contributed by atoms with Crippen LogP contribution in [0.15, 0.2) is 21.1 Å². The van der Waals surface area contributed by atoms with Crippen LogP contribution in [-0.2, 0) is 0 Å². The lowest BCUT2D eigenvalue weighted by atomic mass is 10.3. The van der Waals surface area contributed by atoms with Crippen molar-refractivity contribution in [3.8, 4) is 11.5 Å². The summed E-state index contributed by atoms with van der Waals surface area (Å²) in [4.78, 5) is 0. The van der Waals surface area contributed by atoms with Gasteiger partial charge in [-0.15, -0.1) is 0 Å². The zero-order chi connectivity index (χ0) is 11.4. The van der Waals surface area contributed by atoms with Crippen LogP contribution >= 0.6 is 31.9 Å². The molecule has 0 bridgehead atoms. The van der Waals surface area contributed by atoms with E-state index in [0.29, 0.717) is 4.47 Å². The Labute approximate surface area is 101 Å². The molecule has 15 heavy (non-hydrogen) atoms. The first kappa shape index (κ1) is 12.6. The van der Waals surface area contributed by atoms with Crippen molar-refractivity contribution in [3.05, 3.63) is 21.1 Å². The van der Waals surface area contributed by atoms with Gasteiger partial charge >= 0.3 is 6.61 Å². The van der Waals surface area contributed by atoms with Crippen LogP contribution in [0.3, 0.4) is 0 Å². The molecule has 0 spiro atoms. The molecular weight excluding hydrogens is 345 g/mol. The average molecular weight is 350 g/mol. The topological polar surface area (TPSA) is 18.5 Å². The molecule has 7 heteroatoms. The minimum atomic E-state index is -2.96. The molecule has 84 valence electrons. The fourth-order valence-electron chi connectivity index (χ4n) is 0.882. The summed E-state index contributed by atoms with van der Waals surface area (Å²) in [6.45, 7) is -4.01. The van der Waals surface area contributed by atoms with Gasteiger partial charge in [-0.3, -0.25) is 0 Å². The number of benzene rings is 1. The highest BCUT2D eigenvalue weighted by Gasteiger charge is 2.16. The SMILES string of the molecule is FCOc1ccc(Br)c(OC(F)F)c1Br. The largest absolute Gasteiger partial charge is 0.462 e. The molecule has 0 aliphatic rings. The second kappa shape index (κ2) is 5.60. The number of hydrogen-bond acceptors (Lipinski definition) is 2. The number of alkyl halides is 3. The van der Waals surface area contributed by atoms with Crippen molar-refractivity contribution in [1.29, 1.82) is 0 Å². The van der Waals surface area contributed by atoms with Crippen molar-refractivity contribution >= 4 is 31.9 Å². The highest BCUT2D eigenvalue weighted by Crippen LogP contribution is 2.40. The van der Waals surface area contributed by atoms with Gasteiger partial charge in [0.1, 0.15) is 10.2 Å². The molecule has 0 N–H and O–H groups in total. The molecule has 0 fully saturated rings. The Bertz CT molecular complexity index is 347. The van der Waals surface area contributed by atoms with Gasteiger partial charge in [0.2, 0.25) is 6.86 Å². The summed E-state index contributed by atoms with van der Waals surface area (Å²) < 4.78 is 45.2. The molecule has 1 rings (SSSR count). The van der Waals surface area contributed by atoms with Gasteiger partial charge in [-0.25, -0.2) is 4.39 Å². The zero-order valence-corrected chi connectivity index (χ0v) is 10.3. The van der Waals surface area contributed by atoms with Crippen LogP contribution in [0.1, 0.15) is 0 Å². The molecule has 0 saturated heterocycles. The van der Waals surface area contributed by atoms with Crippen LogP contribution in [-0.4, -0.2) is 13.5 Å². The van der Waals surface area contributed by atoms with Crippen molar-refractivity contribution in [2.45, 2.75) is 6.61 Å². The van der Waals surface area contributed by atoms with Gasteiger partial charge in [-0.1, -0.05) is 0 Å². The molecule has 0 saturated carbocycles. The molecule has 1 aromatic carbocycles. The van der Waals surface area contributed by atoms with Crippen molar-refractivity contribution < 1.29 is 22.6 Å². The fourth-order valence-corrected chi connectivity index (χ4v) is 2.13. The molecule has 0 aliphatic carbocycles. The summed E-state index contributed by atoms with van der Waals surface area (Å²) in [5.41, 5.74) is 0. The summed E-state index contributed by atoms with van der Waals surface area (Å²) >= 11 is 6.00. The average Bonchev–Trinajstić information content (AvgIpc) is 2.17. The molecule has 0 heterocycles. The minimum Gasteiger partial charge on any atom is -0.462 e. The molecule has 0 unspecified atom stereocenters. The van der Waals surface area contributed by atoms with E-state index in [1.54, 1.807) is 0 Å². The van der Waals surface area contributed by atoms with Crippen molar-refractivity contribution in [2.24, 2.45) is 0 Å². The summed E-state index contributed by atoms with van der Waals surface area (Å²) in [6.07, 6.45) is 0. The first-order chi connectivity index (χ1) is 7.06. The Morgan fingerprint density at radius 2 is 1.93 bits per heavy atom. The standard InChI is InChI=1S/C8H5Br2F3O2/c9-4-1-2-5(14-3-11)6(10)7(4)15-8(12)13/h1-2,8H,3H2. The Kier molecular flexibility index (Phi) is 4.72. The lowest BCUT2D eigenvalue weighted by molar-refractivity contribution is -0.0510. The van der Waals surface area contributed by atoms with Gasteiger partial charge in [-0.2, -0.15) is 8.78 Å². The normalized spacial score (nSPS) is 10.5. The Hall–Kier alpha value is -0.430. The third kappa shape index (κ3) is 3.27. The maximum Gasteiger partial charge on any atom is 0.387 e. The molecule has 0 amide bonds. The second-order valence-electron chi connectivity index (χ2n) is 2.32. The number of halogens is 5. The van der Waals surface area contributed by atoms with E-state index < -0.39 is 13.5 Å². The minimum absolute atomic E-state index is 0.0938. The van der Waals surface area contributed by atoms with Gasteiger partial charge in [0.15, 0.2) is 5.75 Å². The summed E-state index contributed by atoms with van der Waals surface area (Å²) in [6, 6.07) is 2.85. The molecule has 0 radical (unpaired) electrons. The number of rotatable bonds is 4. The van der Waals surface area contributed by atoms with Gasteiger partial charge in [0, 0.05) is 0 Å². The summed E-state index contributed by atoms with van der Waals surface area (Å²) in [5.74, 6) is -0.0349. The monoisotopic (exact) mass is 348 g/mol. The molecule has 2 nitrogen and oxygen atoms in total. The third-order valence-corrected chi connectivity index (χ3v) is 2.81. The van der Waals surface area contributed by atoms with E-state index >= 15 is 0 Å². The first-order valence-electron chi connectivity index (χ1n) is 3.67. The van der Waals surface area contributed by atoms with E-state index in [0.717, 1.165) is 0 Å². The van der Waals surface area contributed by atoms with Crippen LogP contribution in [0.4, 0.5) is 13.2 Å². The van der Waals surface area contributed by atoms with Crippen LogP contribution in [0.2, 0.25) is 0 Å². The molecular formula is C8H5Br2F3O2. The zero-order valence-electron chi connectivity index (χ0n) is 7.15. The van der Waals surface area contributed by atoms with E-state index in [2.05, 4.69) is 41.3 Å². The van der Waals surface area contributed by atoms with Gasteiger partial charge in [-0.05, 0) is 44.0 Å². The maximum absolute atomic E-state index is 12.0. The number of ether oxygens (including phenoxy) is 2.